The fraction of sp³-hybridized carbons (Fsp3) is 0.368. The van der Waals surface area contributed by atoms with Crippen molar-refractivity contribution in [3.63, 3.8) is 0 Å². The van der Waals surface area contributed by atoms with Crippen LogP contribution in [-0.4, -0.2) is 62.2 Å². The van der Waals surface area contributed by atoms with Gasteiger partial charge in [0, 0.05) is 39.1 Å². The van der Waals surface area contributed by atoms with Crippen molar-refractivity contribution < 1.29 is 22.4 Å². The molecule has 0 radical (unpaired) electrons. The zero-order valence-electron chi connectivity index (χ0n) is 15.4. The third-order valence-corrected chi connectivity index (χ3v) is 6.48. The van der Waals surface area contributed by atoms with Gasteiger partial charge in [0.2, 0.25) is 15.9 Å². The Morgan fingerprint density at radius 2 is 1.82 bits per heavy atom. The number of rotatable bonds is 3. The molecule has 1 aliphatic rings. The number of benzene rings is 1. The third-order valence-electron chi connectivity index (χ3n) is 4.56. The van der Waals surface area contributed by atoms with Crippen LogP contribution < -0.4 is 5.32 Å². The summed E-state index contributed by atoms with van der Waals surface area (Å²) in [6.45, 7) is 1.36. The van der Waals surface area contributed by atoms with Crippen LogP contribution in [0.25, 0.3) is 0 Å². The normalized spacial score (nSPS) is 17.6. The van der Waals surface area contributed by atoms with Crippen molar-refractivity contribution in [1.82, 2.24) is 14.5 Å². The molecule has 1 N–H and O–H groups in total. The van der Waals surface area contributed by atoms with Crippen molar-refractivity contribution in [2.24, 2.45) is 0 Å². The fourth-order valence-corrected chi connectivity index (χ4v) is 4.56. The van der Waals surface area contributed by atoms with Crippen LogP contribution in [0.4, 0.5) is 0 Å². The summed E-state index contributed by atoms with van der Waals surface area (Å²) in [4.78, 5) is 26.5. The van der Waals surface area contributed by atoms with Crippen molar-refractivity contribution in [1.29, 1.82) is 0 Å². The molecule has 0 atom stereocenters. The van der Waals surface area contributed by atoms with Gasteiger partial charge in [0.15, 0.2) is 0 Å². The van der Waals surface area contributed by atoms with Gasteiger partial charge in [-0.2, -0.15) is 4.31 Å². The van der Waals surface area contributed by atoms with E-state index in [9.17, 15) is 18.0 Å². The van der Waals surface area contributed by atoms with E-state index in [1.165, 1.54) is 29.0 Å². The largest absolute Gasteiger partial charge is 0.472 e. The molecule has 2 heterocycles. The average molecular weight is 405 g/mol. The van der Waals surface area contributed by atoms with Gasteiger partial charge in [-0.05, 0) is 24.6 Å². The molecule has 1 aliphatic heterocycles. The molecule has 150 valence electrons. The van der Waals surface area contributed by atoms with Crippen LogP contribution in [0.3, 0.4) is 0 Å². The lowest BCUT2D eigenvalue weighted by Gasteiger charge is -2.24. The summed E-state index contributed by atoms with van der Waals surface area (Å²) in [5.41, 5.74) is 0.426. The van der Waals surface area contributed by atoms with Gasteiger partial charge in [0.1, 0.15) is 6.26 Å². The monoisotopic (exact) mass is 405 g/mol. The van der Waals surface area contributed by atoms with Gasteiger partial charge in [-0.1, -0.05) is 18.2 Å². The lowest BCUT2D eigenvalue weighted by Crippen LogP contribution is -2.39. The number of hydrogen-bond donors (Lipinski definition) is 1. The molecule has 0 saturated carbocycles. The summed E-state index contributed by atoms with van der Waals surface area (Å²) >= 11 is 0. The maximum atomic E-state index is 12.9. The summed E-state index contributed by atoms with van der Waals surface area (Å²) in [5, 5.41) is 2.74. The van der Waals surface area contributed by atoms with Crippen molar-refractivity contribution in [2.45, 2.75) is 17.7 Å². The number of furan rings is 1. The van der Waals surface area contributed by atoms with E-state index in [-0.39, 0.29) is 36.2 Å². The minimum Gasteiger partial charge on any atom is -0.472 e. The highest BCUT2D eigenvalue weighted by Crippen LogP contribution is 2.17. The second kappa shape index (κ2) is 9.03. The Morgan fingerprint density at radius 1 is 1.04 bits per heavy atom. The molecule has 0 bridgehead atoms. The highest BCUT2D eigenvalue weighted by molar-refractivity contribution is 7.89. The highest BCUT2D eigenvalue weighted by atomic mass is 32.2. The Morgan fingerprint density at radius 3 is 2.54 bits per heavy atom. The average Bonchev–Trinajstić information content (AvgIpc) is 3.22. The van der Waals surface area contributed by atoms with Gasteiger partial charge >= 0.3 is 0 Å². The summed E-state index contributed by atoms with van der Waals surface area (Å²) in [6.07, 6.45) is 3.33. The first kappa shape index (κ1) is 20.1. The Hall–Kier alpha value is -2.65. The van der Waals surface area contributed by atoms with E-state index >= 15 is 0 Å². The van der Waals surface area contributed by atoms with Gasteiger partial charge in [0.25, 0.3) is 5.91 Å². The molecule has 0 aliphatic carbocycles. The van der Waals surface area contributed by atoms with E-state index in [1.807, 2.05) is 0 Å². The molecular weight excluding hydrogens is 382 g/mol. The van der Waals surface area contributed by atoms with E-state index in [4.69, 9.17) is 4.42 Å². The molecule has 3 rings (SSSR count). The van der Waals surface area contributed by atoms with E-state index in [1.54, 1.807) is 29.2 Å². The quantitative estimate of drug-likeness (QED) is 0.830. The molecule has 2 aromatic rings. The van der Waals surface area contributed by atoms with Crippen LogP contribution in [0.15, 0.2) is 58.2 Å². The van der Waals surface area contributed by atoms with Gasteiger partial charge in [-0.3, -0.25) is 9.59 Å². The van der Waals surface area contributed by atoms with Gasteiger partial charge in [-0.15, -0.1) is 0 Å². The molecule has 1 aromatic carbocycles. The Bertz CT molecular complexity index is 897. The van der Waals surface area contributed by atoms with E-state index in [2.05, 4.69) is 5.32 Å². The molecule has 1 aromatic heterocycles. The van der Waals surface area contributed by atoms with Gasteiger partial charge < -0.3 is 14.6 Å². The number of sulfonamides is 1. The predicted octanol–water partition coefficient (Wildman–Crippen LogP) is 1.32. The molecule has 0 spiro atoms. The number of nitrogens with one attached hydrogen (secondary N) is 1. The van der Waals surface area contributed by atoms with Crippen LogP contribution in [0, 0.1) is 0 Å². The molecular formula is C19H23N3O5S. The minimum absolute atomic E-state index is 0.0712. The van der Waals surface area contributed by atoms with Crippen LogP contribution in [0.5, 0.6) is 0 Å². The highest BCUT2D eigenvalue weighted by Gasteiger charge is 2.26. The Kier molecular flexibility index (Phi) is 6.48. The summed E-state index contributed by atoms with van der Waals surface area (Å²) in [5.74, 6) is -0.453. The van der Waals surface area contributed by atoms with Gasteiger partial charge in [-0.25, -0.2) is 8.42 Å². The first-order chi connectivity index (χ1) is 13.5. The SMILES string of the molecule is O=C1CCN(S(=O)(=O)c2ccccc2)CCCN(C(=O)c2ccoc2)CCN1. The molecule has 2 amide bonds. The maximum Gasteiger partial charge on any atom is 0.257 e. The predicted molar refractivity (Wildman–Crippen MR) is 102 cm³/mol. The van der Waals surface area contributed by atoms with Crippen LogP contribution in [0.1, 0.15) is 23.2 Å². The first-order valence-electron chi connectivity index (χ1n) is 9.12. The summed E-state index contributed by atoms with van der Waals surface area (Å²) in [6, 6.07) is 9.73. The van der Waals surface area contributed by atoms with Crippen molar-refractivity contribution >= 4 is 21.8 Å². The van der Waals surface area contributed by atoms with Gasteiger partial charge in [0.05, 0.1) is 16.7 Å². The molecule has 1 saturated heterocycles. The standard InChI is InChI=1S/C19H23N3O5S/c23-18-7-12-22(28(25,26)17-5-2-1-3-6-17)11-4-10-21(13-9-20-18)19(24)16-8-14-27-15-16/h1-3,5-6,8,14-15H,4,7,9-13H2,(H,20,23). The van der Waals surface area contributed by atoms with E-state index in [0.717, 1.165) is 0 Å². The zero-order chi connectivity index (χ0) is 20.0. The van der Waals surface area contributed by atoms with Crippen LogP contribution in [0.2, 0.25) is 0 Å². The second-order valence-electron chi connectivity index (χ2n) is 6.47. The lowest BCUT2D eigenvalue weighted by atomic mass is 10.2. The number of amides is 2. The first-order valence-corrected chi connectivity index (χ1v) is 10.6. The smallest absolute Gasteiger partial charge is 0.257 e. The molecule has 1 fully saturated rings. The molecule has 8 nitrogen and oxygen atoms in total. The topological polar surface area (TPSA) is 99.9 Å². The Balaban J connectivity index is 1.76. The maximum absolute atomic E-state index is 12.9. The molecule has 0 unspecified atom stereocenters. The summed E-state index contributed by atoms with van der Waals surface area (Å²) in [7, 11) is -3.71. The zero-order valence-corrected chi connectivity index (χ0v) is 16.2. The number of hydrogen-bond acceptors (Lipinski definition) is 5. The van der Waals surface area contributed by atoms with E-state index < -0.39 is 10.0 Å². The fourth-order valence-electron chi connectivity index (χ4n) is 3.06. The van der Waals surface area contributed by atoms with Crippen molar-refractivity contribution in [3.05, 3.63) is 54.5 Å². The van der Waals surface area contributed by atoms with Crippen molar-refractivity contribution in [2.75, 3.05) is 32.7 Å². The summed E-state index contributed by atoms with van der Waals surface area (Å²) < 4.78 is 32.2. The second-order valence-corrected chi connectivity index (χ2v) is 8.41. The van der Waals surface area contributed by atoms with E-state index in [0.29, 0.717) is 31.6 Å². The molecule has 28 heavy (non-hydrogen) atoms. The number of carbonyl (C=O) groups excluding carboxylic acids is 2. The van der Waals surface area contributed by atoms with Crippen LogP contribution in [-0.2, 0) is 14.8 Å². The lowest BCUT2D eigenvalue weighted by molar-refractivity contribution is -0.121. The minimum atomic E-state index is -3.71. The molecule has 9 heteroatoms. The van der Waals surface area contributed by atoms with Crippen molar-refractivity contribution in [3.8, 4) is 0 Å². The number of nitrogens with zero attached hydrogens (tertiary/aromatic N) is 2. The van der Waals surface area contributed by atoms with Crippen LogP contribution >= 0.6 is 0 Å². The number of carbonyl (C=O) groups is 2. The third kappa shape index (κ3) is 4.79. The Labute approximate surface area is 164 Å².